The molecule has 0 heterocycles. The maximum Gasteiger partial charge on any atom is 0.312 e. The molecule has 0 rings (SSSR count). The summed E-state index contributed by atoms with van der Waals surface area (Å²) in [6.45, 7) is 0. The lowest BCUT2D eigenvalue weighted by atomic mass is 10.2. The summed E-state index contributed by atoms with van der Waals surface area (Å²) in [4.78, 5) is 22.2. The molecular weight excluding hydrogens is 216 g/mol. The van der Waals surface area contributed by atoms with E-state index in [1.54, 1.807) is 25.9 Å². The van der Waals surface area contributed by atoms with Crippen molar-refractivity contribution in [1.29, 1.82) is 0 Å². The molecule has 7 heteroatoms. The summed E-state index contributed by atoms with van der Waals surface area (Å²) in [5, 5.41) is 3.93. The molecule has 3 amide bonds. The SMILES string of the molecule is CSCC[C@@H](NC(N)=O)C(=O)NN(C)C. The van der Waals surface area contributed by atoms with Crippen LogP contribution in [0.2, 0.25) is 0 Å². The highest BCUT2D eigenvalue weighted by Crippen LogP contribution is 2.00. The molecule has 1 atom stereocenters. The van der Waals surface area contributed by atoms with Crippen molar-refractivity contribution >= 4 is 23.7 Å². The lowest BCUT2D eigenvalue weighted by Gasteiger charge is -2.19. The van der Waals surface area contributed by atoms with Crippen LogP contribution in [0, 0.1) is 0 Å². The Morgan fingerprint density at radius 3 is 2.47 bits per heavy atom. The Morgan fingerprint density at radius 2 is 2.07 bits per heavy atom. The number of nitrogens with one attached hydrogen (secondary N) is 2. The van der Waals surface area contributed by atoms with Crippen molar-refractivity contribution in [3.8, 4) is 0 Å². The Kier molecular flexibility index (Phi) is 6.89. The molecule has 0 aliphatic carbocycles. The molecule has 0 aliphatic rings. The lowest BCUT2D eigenvalue weighted by molar-refractivity contribution is -0.126. The number of nitrogens with zero attached hydrogens (tertiary/aromatic N) is 1. The van der Waals surface area contributed by atoms with Crippen LogP contribution in [-0.2, 0) is 4.79 Å². The molecule has 0 aliphatic heterocycles. The second-order valence-electron chi connectivity index (χ2n) is 3.21. The van der Waals surface area contributed by atoms with Gasteiger partial charge in [-0.05, 0) is 18.4 Å². The highest BCUT2D eigenvalue weighted by Gasteiger charge is 2.19. The van der Waals surface area contributed by atoms with Gasteiger partial charge in [0.05, 0.1) is 0 Å². The molecule has 0 unspecified atom stereocenters. The van der Waals surface area contributed by atoms with E-state index in [9.17, 15) is 9.59 Å². The smallest absolute Gasteiger partial charge is 0.312 e. The van der Waals surface area contributed by atoms with E-state index in [0.717, 1.165) is 5.75 Å². The first kappa shape index (κ1) is 14.1. The van der Waals surface area contributed by atoms with Crippen molar-refractivity contribution < 1.29 is 9.59 Å². The van der Waals surface area contributed by atoms with Crippen LogP contribution < -0.4 is 16.5 Å². The predicted molar refractivity (Wildman–Crippen MR) is 61.3 cm³/mol. The predicted octanol–water partition coefficient (Wildman–Crippen LogP) is -0.631. The highest BCUT2D eigenvalue weighted by molar-refractivity contribution is 7.98. The average molecular weight is 234 g/mol. The van der Waals surface area contributed by atoms with Crippen LogP contribution in [0.5, 0.6) is 0 Å². The van der Waals surface area contributed by atoms with E-state index in [1.165, 1.54) is 5.01 Å². The second kappa shape index (κ2) is 7.36. The first-order valence-corrected chi connectivity index (χ1v) is 5.89. The zero-order chi connectivity index (χ0) is 11.8. The quantitative estimate of drug-likeness (QED) is 0.534. The fourth-order valence-electron chi connectivity index (χ4n) is 0.975. The van der Waals surface area contributed by atoms with Crippen LogP contribution in [0.15, 0.2) is 0 Å². The molecule has 0 aromatic heterocycles. The van der Waals surface area contributed by atoms with Gasteiger partial charge in [-0.1, -0.05) is 0 Å². The first-order valence-electron chi connectivity index (χ1n) is 4.50. The van der Waals surface area contributed by atoms with E-state index in [4.69, 9.17) is 5.73 Å². The van der Waals surface area contributed by atoms with Crippen LogP contribution in [0.25, 0.3) is 0 Å². The van der Waals surface area contributed by atoms with E-state index >= 15 is 0 Å². The molecule has 0 radical (unpaired) electrons. The summed E-state index contributed by atoms with van der Waals surface area (Å²) in [7, 11) is 3.40. The van der Waals surface area contributed by atoms with Gasteiger partial charge in [-0.3, -0.25) is 10.2 Å². The van der Waals surface area contributed by atoms with Crippen molar-refractivity contribution in [2.24, 2.45) is 5.73 Å². The Hall–Kier alpha value is -0.950. The number of primary amides is 1. The number of urea groups is 1. The zero-order valence-electron chi connectivity index (χ0n) is 9.24. The second-order valence-corrected chi connectivity index (χ2v) is 4.20. The van der Waals surface area contributed by atoms with Crippen LogP contribution in [0.3, 0.4) is 0 Å². The van der Waals surface area contributed by atoms with E-state index in [0.29, 0.717) is 6.42 Å². The number of carbonyl (C=O) groups is 2. The van der Waals surface area contributed by atoms with Crippen molar-refractivity contribution in [2.45, 2.75) is 12.5 Å². The van der Waals surface area contributed by atoms with E-state index in [1.807, 2.05) is 6.26 Å². The molecule has 6 nitrogen and oxygen atoms in total. The third-order valence-electron chi connectivity index (χ3n) is 1.58. The summed E-state index contributed by atoms with van der Waals surface area (Å²) in [6.07, 6.45) is 2.49. The highest BCUT2D eigenvalue weighted by atomic mass is 32.2. The standard InChI is InChI=1S/C8H18N4O2S/c1-12(2)11-7(13)6(4-5-15-3)10-8(9)14/h6H,4-5H2,1-3H3,(H,11,13)(H3,9,10,14)/t6-/m1/s1. The Morgan fingerprint density at radius 1 is 1.47 bits per heavy atom. The van der Waals surface area contributed by atoms with Gasteiger partial charge < -0.3 is 11.1 Å². The Balaban J connectivity index is 4.20. The van der Waals surface area contributed by atoms with Gasteiger partial charge in [0, 0.05) is 14.1 Å². The molecule has 0 aromatic rings. The maximum absolute atomic E-state index is 11.6. The molecule has 0 saturated heterocycles. The third kappa shape index (κ3) is 7.03. The fourth-order valence-corrected chi connectivity index (χ4v) is 1.45. The lowest BCUT2D eigenvalue weighted by Crippen LogP contribution is -2.51. The molecule has 0 spiro atoms. The number of hydrogen-bond donors (Lipinski definition) is 3. The normalized spacial score (nSPS) is 12.3. The molecule has 0 fully saturated rings. The minimum absolute atomic E-state index is 0.257. The van der Waals surface area contributed by atoms with E-state index in [2.05, 4.69) is 10.7 Å². The van der Waals surface area contributed by atoms with Crippen molar-refractivity contribution in [3.05, 3.63) is 0 Å². The van der Waals surface area contributed by atoms with Crippen LogP contribution in [0.4, 0.5) is 4.79 Å². The van der Waals surface area contributed by atoms with E-state index in [-0.39, 0.29) is 5.91 Å². The molecule has 0 aromatic carbocycles. The van der Waals surface area contributed by atoms with E-state index < -0.39 is 12.1 Å². The minimum atomic E-state index is -0.685. The summed E-state index contributed by atoms with van der Waals surface area (Å²) >= 11 is 1.61. The first-order chi connectivity index (χ1) is 6.97. The number of rotatable bonds is 6. The Bertz CT molecular complexity index is 223. The number of amides is 3. The monoisotopic (exact) mass is 234 g/mol. The number of hydrogen-bond acceptors (Lipinski definition) is 4. The van der Waals surface area contributed by atoms with Gasteiger partial charge >= 0.3 is 6.03 Å². The average Bonchev–Trinajstić information content (AvgIpc) is 2.10. The third-order valence-corrected chi connectivity index (χ3v) is 2.22. The molecule has 0 saturated carbocycles. The van der Waals surface area contributed by atoms with Gasteiger partial charge in [0.15, 0.2) is 0 Å². The molecule has 0 bridgehead atoms. The minimum Gasteiger partial charge on any atom is -0.352 e. The van der Waals surface area contributed by atoms with Crippen LogP contribution in [0.1, 0.15) is 6.42 Å². The number of thioether (sulfide) groups is 1. The molecule has 4 N–H and O–H groups in total. The zero-order valence-corrected chi connectivity index (χ0v) is 10.1. The number of carbonyl (C=O) groups excluding carboxylic acids is 2. The largest absolute Gasteiger partial charge is 0.352 e. The van der Waals surface area contributed by atoms with Crippen molar-refractivity contribution in [1.82, 2.24) is 15.8 Å². The van der Waals surface area contributed by atoms with Gasteiger partial charge in [-0.15, -0.1) is 0 Å². The number of hydrazine groups is 1. The topological polar surface area (TPSA) is 87.5 Å². The van der Waals surface area contributed by atoms with Crippen LogP contribution >= 0.6 is 11.8 Å². The summed E-state index contributed by atoms with van der Waals surface area (Å²) in [6, 6.07) is -1.26. The molecule has 88 valence electrons. The van der Waals surface area contributed by atoms with Gasteiger partial charge in [0.1, 0.15) is 6.04 Å². The number of nitrogens with two attached hydrogens (primary N) is 1. The van der Waals surface area contributed by atoms with Gasteiger partial charge in [0.2, 0.25) is 0 Å². The maximum atomic E-state index is 11.6. The van der Waals surface area contributed by atoms with Gasteiger partial charge in [0.25, 0.3) is 5.91 Å². The van der Waals surface area contributed by atoms with Crippen LogP contribution in [-0.4, -0.2) is 49.1 Å². The van der Waals surface area contributed by atoms with Gasteiger partial charge in [-0.25, -0.2) is 9.80 Å². The van der Waals surface area contributed by atoms with Crippen molar-refractivity contribution in [3.63, 3.8) is 0 Å². The molecule has 15 heavy (non-hydrogen) atoms. The fraction of sp³-hybridized carbons (Fsp3) is 0.750. The Labute approximate surface area is 93.9 Å². The summed E-state index contributed by atoms with van der Waals surface area (Å²) in [5.41, 5.74) is 7.56. The summed E-state index contributed by atoms with van der Waals surface area (Å²) < 4.78 is 0. The molecular formula is C8H18N4O2S. The van der Waals surface area contributed by atoms with Crippen molar-refractivity contribution in [2.75, 3.05) is 26.1 Å². The summed E-state index contributed by atoms with van der Waals surface area (Å²) in [5.74, 6) is 0.527. The van der Waals surface area contributed by atoms with Gasteiger partial charge in [-0.2, -0.15) is 11.8 Å².